The summed E-state index contributed by atoms with van der Waals surface area (Å²) in [6.07, 6.45) is 0.957. The van der Waals surface area contributed by atoms with Gasteiger partial charge in [-0.25, -0.2) is 18.0 Å². The van der Waals surface area contributed by atoms with Crippen LogP contribution in [-0.4, -0.2) is 42.9 Å². The number of rotatable bonds is 2. The van der Waals surface area contributed by atoms with E-state index in [9.17, 15) is 18.0 Å². The van der Waals surface area contributed by atoms with Crippen molar-refractivity contribution < 1.29 is 27.9 Å². The molecule has 1 saturated heterocycles. The predicted octanol–water partition coefficient (Wildman–Crippen LogP) is 0.846. The molecular formula is C16H15NO6S. The number of hydrogen-bond donors (Lipinski definition) is 1. The van der Waals surface area contributed by atoms with Gasteiger partial charge < -0.3 is 9.84 Å². The number of carboxylic acids is 1. The lowest BCUT2D eigenvalue weighted by atomic mass is 9.99. The molecule has 0 unspecified atom stereocenters. The molecule has 3 rings (SSSR count). The number of carbonyl (C=O) groups excluding carboxylic acids is 1. The molecule has 0 spiro atoms. The number of esters is 1. The Kier molecular flexibility index (Phi) is 4.30. The first-order chi connectivity index (χ1) is 11.4. The van der Waals surface area contributed by atoms with E-state index in [1.165, 1.54) is 16.4 Å². The molecule has 1 fully saturated rings. The number of fused-ring (bicyclic) bond motifs is 1. The molecule has 0 aliphatic carbocycles. The Morgan fingerprint density at radius 1 is 1.29 bits per heavy atom. The average Bonchev–Trinajstić information content (AvgIpc) is 2.94. The second-order valence-corrected chi connectivity index (χ2v) is 7.59. The summed E-state index contributed by atoms with van der Waals surface area (Å²) >= 11 is 0. The fourth-order valence-electron chi connectivity index (χ4n) is 2.81. The van der Waals surface area contributed by atoms with Gasteiger partial charge in [0.05, 0.1) is 10.5 Å². The minimum absolute atomic E-state index is 0.0650. The normalized spacial score (nSPS) is 18.4. The predicted molar refractivity (Wildman–Crippen MR) is 82.5 cm³/mol. The van der Waals surface area contributed by atoms with E-state index in [0.717, 1.165) is 0 Å². The van der Waals surface area contributed by atoms with Crippen LogP contribution in [0.15, 0.2) is 23.1 Å². The molecule has 0 saturated carbocycles. The maximum Gasteiger partial charge on any atom is 0.381 e. The number of hydrogen-bond acceptors (Lipinski definition) is 5. The monoisotopic (exact) mass is 349 g/mol. The summed E-state index contributed by atoms with van der Waals surface area (Å²) in [6, 6.07) is 4.43. The molecule has 8 heteroatoms. The number of carboxylic acid groups (broad SMARTS) is 1. The molecule has 24 heavy (non-hydrogen) atoms. The maximum absolute atomic E-state index is 12.7. The van der Waals surface area contributed by atoms with Gasteiger partial charge in [0.25, 0.3) is 0 Å². The number of nitrogens with zero attached hydrogens (tertiary/aromatic N) is 1. The van der Waals surface area contributed by atoms with Crippen LogP contribution >= 0.6 is 0 Å². The molecular weight excluding hydrogens is 334 g/mol. The van der Waals surface area contributed by atoms with E-state index in [0.29, 0.717) is 24.0 Å². The molecule has 0 aromatic heterocycles. The van der Waals surface area contributed by atoms with E-state index in [1.54, 1.807) is 6.07 Å². The van der Waals surface area contributed by atoms with E-state index in [2.05, 4.69) is 11.8 Å². The quantitative estimate of drug-likeness (QED) is 0.627. The lowest BCUT2D eigenvalue weighted by Crippen LogP contribution is -2.38. The van der Waals surface area contributed by atoms with Crippen LogP contribution in [0.2, 0.25) is 0 Å². The summed E-state index contributed by atoms with van der Waals surface area (Å²) in [4.78, 5) is 22.1. The highest BCUT2D eigenvalue weighted by atomic mass is 32.2. The highest BCUT2D eigenvalue weighted by Crippen LogP contribution is 2.27. The summed E-state index contributed by atoms with van der Waals surface area (Å²) in [7, 11) is -3.70. The Morgan fingerprint density at radius 2 is 2.00 bits per heavy atom. The van der Waals surface area contributed by atoms with Gasteiger partial charge in [-0.2, -0.15) is 4.31 Å². The van der Waals surface area contributed by atoms with Crippen LogP contribution in [-0.2, 0) is 26.2 Å². The van der Waals surface area contributed by atoms with Crippen LogP contribution in [0.4, 0.5) is 0 Å². The van der Waals surface area contributed by atoms with E-state index in [1.807, 2.05) is 0 Å². The number of carbonyl (C=O) groups is 2. The summed E-state index contributed by atoms with van der Waals surface area (Å²) in [6.45, 7) is 0.702. The molecule has 0 amide bonds. The van der Waals surface area contributed by atoms with Crippen molar-refractivity contribution in [1.29, 1.82) is 0 Å². The minimum Gasteiger partial charge on any atom is -0.472 e. The topological polar surface area (TPSA) is 101 Å². The second kappa shape index (κ2) is 6.26. The smallest absolute Gasteiger partial charge is 0.381 e. The Bertz CT molecular complexity index is 856. The van der Waals surface area contributed by atoms with Gasteiger partial charge in [0.2, 0.25) is 10.0 Å². The first-order valence-corrected chi connectivity index (χ1v) is 8.86. The summed E-state index contributed by atoms with van der Waals surface area (Å²) in [5.74, 6) is 2.90. The lowest BCUT2D eigenvalue weighted by Gasteiger charge is -2.29. The van der Waals surface area contributed by atoms with Crippen molar-refractivity contribution in [3.8, 4) is 11.8 Å². The van der Waals surface area contributed by atoms with Gasteiger partial charge in [-0.1, -0.05) is 12.0 Å². The molecule has 2 heterocycles. The molecule has 0 bridgehead atoms. The third-order valence-electron chi connectivity index (χ3n) is 4.13. The standard InChI is InChI=1S/C16H15NO6S/c18-15(19)4-1-11-5-7-17(8-6-11)24(21,22)13-3-2-12-10-23-16(20)14(12)9-13/h2-3,9,11H,5-8,10H2,(H,18,19). The van der Waals surface area contributed by atoms with Gasteiger partial charge in [-0.05, 0) is 25.0 Å². The van der Waals surface area contributed by atoms with Crippen molar-refractivity contribution in [1.82, 2.24) is 4.31 Å². The Hall–Kier alpha value is -2.37. The molecule has 1 aromatic rings. The molecule has 7 nitrogen and oxygen atoms in total. The van der Waals surface area contributed by atoms with Gasteiger partial charge in [0.1, 0.15) is 6.61 Å². The number of sulfonamides is 1. The number of benzene rings is 1. The highest BCUT2D eigenvalue weighted by molar-refractivity contribution is 7.89. The number of ether oxygens (including phenoxy) is 1. The lowest BCUT2D eigenvalue weighted by molar-refractivity contribution is -0.130. The van der Waals surface area contributed by atoms with E-state index < -0.39 is 22.0 Å². The van der Waals surface area contributed by atoms with E-state index in [4.69, 9.17) is 9.84 Å². The average molecular weight is 349 g/mol. The fraction of sp³-hybridized carbons (Fsp3) is 0.375. The van der Waals surface area contributed by atoms with Crippen LogP contribution in [0.5, 0.6) is 0 Å². The molecule has 0 radical (unpaired) electrons. The van der Waals surface area contributed by atoms with E-state index >= 15 is 0 Å². The Balaban J connectivity index is 1.76. The Labute approximate surface area is 139 Å². The van der Waals surface area contributed by atoms with Crippen molar-refractivity contribution in [3.63, 3.8) is 0 Å². The number of cyclic esters (lactones) is 1. The fourth-order valence-corrected chi connectivity index (χ4v) is 4.30. The van der Waals surface area contributed by atoms with Gasteiger partial charge in [0, 0.05) is 30.5 Å². The van der Waals surface area contributed by atoms with E-state index in [-0.39, 0.29) is 30.5 Å². The van der Waals surface area contributed by atoms with Crippen molar-refractivity contribution in [2.24, 2.45) is 5.92 Å². The largest absolute Gasteiger partial charge is 0.472 e. The number of piperidine rings is 1. The third-order valence-corrected chi connectivity index (χ3v) is 6.03. The molecule has 2 aliphatic heterocycles. The first-order valence-electron chi connectivity index (χ1n) is 7.42. The van der Waals surface area contributed by atoms with Gasteiger partial charge in [-0.15, -0.1) is 0 Å². The zero-order valence-corrected chi connectivity index (χ0v) is 13.5. The van der Waals surface area contributed by atoms with Crippen LogP contribution in [0, 0.1) is 17.8 Å². The van der Waals surface area contributed by atoms with Crippen LogP contribution in [0.3, 0.4) is 0 Å². The zero-order valence-electron chi connectivity index (χ0n) is 12.7. The molecule has 0 atom stereocenters. The maximum atomic E-state index is 12.7. The molecule has 126 valence electrons. The molecule has 1 aromatic carbocycles. The SMILES string of the molecule is O=C(O)C#CC1CCN(S(=O)(=O)c2ccc3c(c2)C(=O)OC3)CC1. The number of aliphatic carboxylic acids is 1. The molecule has 2 aliphatic rings. The van der Waals surface area contributed by atoms with Crippen LogP contribution in [0.25, 0.3) is 0 Å². The summed E-state index contributed by atoms with van der Waals surface area (Å²) in [5, 5.41) is 8.55. The van der Waals surface area contributed by atoms with Gasteiger partial charge in [0.15, 0.2) is 0 Å². The summed E-state index contributed by atoms with van der Waals surface area (Å²) in [5.41, 5.74) is 0.972. The minimum atomic E-state index is -3.70. The summed E-state index contributed by atoms with van der Waals surface area (Å²) < 4.78 is 31.6. The van der Waals surface area contributed by atoms with Crippen molar-refractivity contribution in [2.75, 3.05) is 13.1 Å². The van der Waals surface area contributed by atoms with Gasteiger partial charge >= 0.3 is 11.9 Å². The third kappa shape index (κ3) is 3.13. The van der Waals surface area contributed by atoms with Crippen molar-refractivity contribution in [3.05, 3.63) is 29.3 Å². The first kappa shape index (κ1) is 16.5. The Morgan fingerprint density at radius 3 is 2.67 bits per heavy atom. The zero-order chi connectivity index (χ0) is 17.3. The van der Waals surface area contributed by atoms with Crippen LogP contribution in [0.1, 0.15) is 28.8 Å². The highest BCUT2D eigenvalue weighted by Gasteiger charge is 2.31. The second-order valence-electron chi connectivity index (χ2n) is 5.65. The van der Waals surface area contributed by atoms with Crippen LogP contribution < -0.4 is 0 Å². The van der Waals surface area contributed by atoms with Gasteiger partial charge in [-0.3, -0.25) is 0 Å². The van der Waals surface area contributed by atoms with Crippen molar-refractivity contribution in [2.45, 2.75) is 24.3 Å². The van der Waals surface area contributed by atoms with Crippen molar-refractivity contribution >= 4 is 22.0 Å². The molecule has 1 N–H and O–H groups in total.